The molecule has 2 saturated heterocycles. The SMILES string of the molecule is Cc1cccc(N2CCN(c3ncnc(N4CCN(c5cccc(Cl)c5)CC4)c3[N+](=O)[O-])CC2)c1C. The molecule has 36 heavy (non-hydrogen) atoms. The van der Waals surface area contributed by atoms with Gasteiger partial charge in [-0.1, -0.05) is 29.8 Å². The summed E-state index contributed by atoms with van der Waals surface area (Å²) in [6, 6.07) is 14.1. The fraction of sp³-hybridized carbons (Fsp3) is 0.385. The predicted molar refractivity (Wildman–Crippen MR) is 145 cm³/mol. The Kier molecular flexibility index (Phi) is 6.82. The van der Waals surface area contributed by atoms with Gasteiger partial charge in [0, 0.05) is 68.8 Å². The van der Waals surface area contributed by atoms with E-state index in [1.165, 1.54) is 23.1 Å². The van der Waals surface area contributed by atoms with Gasteiger partial charge >= 0.3 is 5.69 Å². The molecule has 0 unspecified atom stereocenters. The van der Waals surface area contributed by atoms with E-state index in [9.17, 15) is 10.1 Å². The normalized spacial score (nSPS) is 16.4. The number of nitrogens with zero attached hydrogens (tertiary/aromatic N) is 7. The minimum Gasteiger partial charge on any atom is -0.368 e. The molecule has 0 atom stereocenters. The standard InChI is InChI=1S/C26H30ClN7O2/c1-19-5-3-8-23(20(19)2)31-11-15-33(16-12-31)26-24(34(35)36)25(28-18-29-26)32-13-9-30(10-14-32)22-7-4-6-21(27)17-22/h3-8,17-18H,9-16H2,1-2H3. The van der Waals surface area contributed by atoms with Crippen molar-refractivity contribution < 1.29 is 4.92 Å². The summed E-state index contributed by atoms with van der Waals surface area (Å²) in [5.41, 5.74) is 4.82. The molecular formula is C26H30ClN7O2. The first-order valence-corrected chi connectivity index (χ1v) is 12.6. The highest BCUT2D eigenvalue weighted by Gasteiger charge is 2.33. The van der Waals surface area contributed by atoms with Gasteiger partial charge in [-0.25, -0.2) is 9.97 Å². The van der Waals surface area contributed by atoms with Gasteiger partial charge in [0.1, 0.15) is 6.33 Å². The van der Waals surface area contributed by atoms with Crippen LogP contribution in [0.4, 0.5) is 28.7 Å². The summed E-state index contributed by atoms with van der Waals surface area (Å²) in [5.74, 6) is 0.801. The van der Waals surface area contributed by atoms with Crippen molar-refractivity contribution in [2.24, 2.45) is 0 Å². The van der Waals surface area contributed by atoms with Crippen LogP contribution in [-0.4, -0.2) is 67.2 Å². The van der Waals surface area contributed by atoms with Gasteiger partial charge < -0.3 is 19.6 Å². The van der Waals surface area contributed by atoms with Crippen molar-refractivity contribution in [2.75, 3.05) is 72.0 Å². The first-order valence-electron chi connectivity index (χ1n) is 12.2. The highest BCUT2D eigenvalue weighted by Crippen LogP contribution is 2.36. The highest BCUT2D eigenvalue weighted by atomic mass is 35.5. The third-order valence-corrected chi connectivity index (χ3v) is 7.45. The molecule has 3 aromatic rings. The number of aryl methyl sites for hydroxylation is 1. The number of rotatable bonds is 5. The Hall–Kier alpha value is -3.59. The van der Waals surface area contributed by atoms with Crippen LogP contribution in [0.25, 0.3) is 0 Å². The van der Waals surface area contributed by atoms with Crippen LogP contribution in [0.15, 0.2) is 48.8 Å². The first kappa shape index (κ1) is 24.1. The van der Waals surface area contributed by atoms with Crippen LogP contribution in [0.5, 0.6) is 0 Å². The molecule has 0 N–H and O–H groups in total. The summed E-state index contributed by atoms with van der Waals surface area (Å²) in [7, 11) is 0. The second-order valence-corrected chi connectivity index (χ2v) is 9.71. The van der Waals surface area contributed by atoms with Crippen LogP contribution in [0.3, 0.4) is 0 Å². The molecule has 3 heterocycles. The Labute approximate surface area is 216 Å². The average molecular weight is 508 g/mol. The van der Waals surface area contributed by atoms with Crippen molar-refractivity contribution in [1.29, 1.82) is 0 Å². The molecule has 0 saturated carbocycles. The number of hydrogen-bond acceptors (Lipinski definition) is 8. The van der Waals surface area contributed by atoms with Gasteiger partial charge in [-0.2, -0.15) is 0 Å². The molecule has 2 fully saturated rings. The quantitative estimate of drug-likeness (QED) is 0.373. The summed E-state index contributed by atoms with van der Waals surface area (Å²) in [6.07, 6.45) is 1.46. The van der Waals surface area contributed by atoms with Gasteiger partial charge in [0.25, 0.3) is 0 Å². The Bertz CT molecular complexity index is 1250. The molecule has 1 aromatic heterocycles. The number of hydrogen-bond donors (Lipinski definition) is 0. The Balaban J connectivity index is 1.32. The van der Waals surface area contributed by atoms with E-state index in [0.717, 1.165) is 31.9 Å². The first-order chi connectivity index (χ1) is 17.4. The number of anilines is 4. The van der Waals surface area contributed by atoms with E-state index in [0.29, 0.717) is 42.8 Å². The maximum absolute atomic E-state index is 12.3. The minimum atomic E-state index is -0.328. The Morgan fingerprint density at radius 2 is 1.36 bits per heavy atom. The fourth-order valence-electron chi connectivity index (χ4n) is 5.07. The summed E-state index contributed by atoms with van der Waals surface area (Å²) in [5, 5.41) is 13.0. The molecular weight excluding hydrogens is 478 g/mol. The van der Waals surface area contributed by atoms with Gasteiger partial charge in [-0.3, -0.25) is 10.1 Å². The zero-order chi connectivity index (χ0) is 25.2. The number of aromatic nitrogens is 2. The lowest BCUT2D eigenvalue weighted by Gasteiger charge is -2.38. The lowest BCUT2D eigenvalue weighted by Crippen LogP contribution is -2.48. The molecule has 9 nitrogen and oxygen atoms in total. The van der Waals surface area contributed by atoms with Crippen LogP contribution in [-0.2, 0) is 0 Å². The molecule has 2 aromatic carbocycles. The smallest absolute Gasteiger partial charge is 0.353 e. The van der Waals surface area contributed by atoms with Crippen molar-refractivity contribution in [1.82, 2.24) is 9.97 Å². The van der Waals surface area contributed by atoms with E-state index in [1.807, 2.05) is 34.1 Å². The van der Waals surface area contributed by atoms with E-state index < -0.39 is 0 Å². The van der Waals surface area contributed by atoms with Gasteiger partial charge in [-0.15, -0.1) is 0 Å². The largest absolute Gasteiger partial charge is 0.368 e. The van der Waals surface area contributed by atoms with Gasteiger partial charge in [0.05, 0.1) is 4.92 Å². The molecule has 2 aliphatic rings. The third kappa shape index (κ3) is 4.75. The van der Waals surface area contributed by atoms with Crippen LogP contribution < -0.4 is 19.6 Å². The Morgan fingerprint density at radius 3 is 1.94 bits per heavy atom. The second kappa shape index (κ2) is 10.2. The predicted octanol–water partition coefficient (Wildman–Crippen LogP) is 4.31. The third-order valence-electron chi connectivity index (χ3n) is 7.21. The topological polar surface area (TPSA) is 81.9 Å². The number of nitro groups is 1. The lowest BCUT2D eigenvalue weighted by atomic mass is 10.1. The molecule has 5 rings (SSSR count). The zero-order valence-electron chi connectivity index (χ0n) is 20.6. The minimum absolute atomic E-state index is 0.00566. The summed E-state index contributed by atoms with van der Waals surface area (Å²) < 4.78 is 0. The summed E-state index contributed by atoms with van der Waals surface area (Å²) >= 11 is 6.16. The van der Waals surface area contributed by atoms with Crippen molar-refractivity contribution >= 4 is 40.3 Å². The van der Waals surface area contributed by atoms with Crippen LogP contribution in [0, 0.1) is 24.0 Å². The maximum Gasteiger partial charge on any atom is 0.353 e. The monoisotopic (exact) mass is 507 g/mol. The number of halogens is 1. The van der Waals surface area contributed by atoms with E-state index in [-0.39, 0.29) is 10.6 Å². The zero-order valence-corrected chi connectivity index (χ0v) is 21.4. The fourth-order valence-corrected chi connectivity index (χ4v) is 5.26. The van der Waals surface area contributed by atoms with Crippen LogP contribution >= 0.6 is 11.6 Å². The summed E-state index contributed by atoms with van der Waals surface area (Å²) in [6.45, 7) is 9.85. The molecule has 0 spiro atoms. The molecule has 0 aliphatic carbocycles. The van der Waals surface area contributed by atoms with Crippen molar-refractivity contribution in [3.05, 3.63) is 75.1 Å². The molecule has 0 amide bonds. The van der Waals surface area contributed by atoms with Gasteiger partial charge in [0.15, 0.2) is 0 Å². The molecule has 10 heteroatoms. The summed E-state index contributed by atoms with van der Waals surface area (Å²) in [4.78, 5) is 29.3. The van der Waals surface area contributed by atoms with E-state index >= 15 is 0 Å². The molecule has 2 aliphatic heterocycles. The number of benzene rings is 2. The van der Waals surface area contributed by atoms with Crippen molar-refractivity contribution in [3.8, 4) is 0 Å². The molecule has 0 bridgehead atoms. The average Bonchev–Trinajstić information content (AvgIpc) is 2.90. The maximum atomic E-state index is 12.3. The molecule has 188 valence electrons. The lowest BCUT2D eigenvalue weighted by molar-refractivity contribution is -0.383. The number of piperazine rings is 2. The van der Waals surface area contributed by atoms with E-state index in [1.54, 1.807) is 0 Å². The van der Waals surface area contributed by atoms with Gasteiger partial charge in [-0.05, 0) is 49.2 Å². The second-order valence-electron chi connectivity index (χ2n) is 9.27. The van der Waals surface area contributed by atoms with Crippen molar-refractivity contribution in [3.63, 3.8) is 0 Å². The van der Waals surface area contributed by atoms with Crippen molar-refractivity contribution in [2.45, 2.75) is 13.8 Å². The van der Waals surface area contributed by atoms with Gasteiger partial charge in [0.2, 0.25) is 11.6 Å². The van der Waals surface area contributed by atoms with Crippen LogP contribution in [0.1, 0.15) is 11.1 Å². The Morgan fingerprint density at radius 1 is 0.806 bits per heavy atom. The van der Waals surface area contributed by atoms with E-state index in [4.69, 9.17) is 11.6 Å². The highest BCUT2D eigenvalue weighted by molar-refractivity contribution is 6.30. The van der Waals surface area contributed by atoms with Crippen LogP contribution in [0.2, 0.25) is 5.02 Å². The molecule has 0 radical (unpaired) electrons. The van der Waals surface area contributed by atoms with E-state index in [2.05, 4.69) is 51.8 Å².